The average Bonchev–Trinajstić information content (AvgIpc) is 3.23. The Morgan fingerprint density at radius 2 is 1.82 bits per heavy atom. The van der Waals surface area contributed by atoms with Gasteiger partial charge in [-0.1, -0.05) is 13.8 Å². The van der Waals surface area contributed by atoms with Crippen molar-refractivity contribution < 1.29 is 19.0 Å². The Morgan fingerprint density at radius 1 is 1.13 bits per heavy atom. The molecule has 10 heteroatoms. The maximum absolute atomic E-state index is 13.6. The maximum atomic E-state index is 13.6. The van der Waals surface area contributed by atoms with Gasteiger partial charge in [0, 0.05) is 38.3 Å². The number of hydrogen-bond donors (Lipinski definition) is 1. The van der Waals surface area contributed by atoms with Gasteiger partial charge in [0.05, 0.1) is 41.7 Å². The molecule has 5 heterocycles. The van der Waals surface area contributed by atoms with Crippen LogP contribution in [-0.4, -0.2) is 100 Å². The summed E-state index contributed by atoms with van der Waals surface area (Å²) in [5, 5.41) is 15.6. The molecule has 6 rings (SSSR count). The molecular formula is C28H35FN6O3. The van der Waals surface area contributed by atoms with Crippen LogP contribution in [0, 0.1) is 5.82 Å². The van der Waals surface area contributed by atoms with Crippen molar-refractivity contribution in [1.29, 1.82) is 0 Å². The SMILES string of the molecule is CC(C)c1nn(-c2ccc(F)cc2)c2nc(C(=O)O)cc(N3CC(N4CCC(N(C)C5COC5)CC4)C3)c12. The van der Waals surface area contributed by atoms with Crippen molar-refractivity contribution in [3.05, 3.63) is 47.5 Å². The van der Waals surface area contributed by atoms with Crippen LogP contribution < -0.4 is 4.90 Å². The lowest BCUT2D eigenvalue weighted by molar-refractivity contribution is -0.0776. The molecule has 1 aromatic carbocycles. The monoisotopic (exact) mass is 522 g/mol. The number of likely N-dealkylation sites (tertiary alicyclic amines) is 1. The van der Waals surface area contributed by atoms with Gasteiger partial charge >= 0.3 is 5.97 Å². The quantitative estimate of drug-likeness (QED) is 0.506. The number of carboxylic acid groups (broad SMARTS) is 1. The standard InChI is InChI=1S/C28H35FN6O3/c1-17(2)26-25-24(12-23(28(36)37)30-27(25)35(31-26)20-6-4-18(29)5-7-20)34-13-21(14-34)33-10-8-19(9-11-33)32(3)22-15-38-16-22/h4-7,12,17,19,21-22H,8-11,13-16H2,1-3H3,(H,36,37). The highest BCUT2D eigenvalue weighted by atomic mass is 19.1. The summed E-state index contributed by atoms with van der Waals surface area (Å²) in [5.41, 5.74) is 2.84. The number of likely N-dealkylation sites (N-methyl/N-ethyl adjacent to an activating group) is 1. The number of hydrogen-bond acceptors (Lipinski definition) is 7. The van der Waals surface area contributed by atoms with Crippen molar-refractivity contribution in [2.45, 2.75) is 50.7 Å². The van der Waals surface area contributed by atoms with Crippen molar-refractivity contribution in [1.82, 2.24) is 24.6 Å². The van der Waals surface area contributed by atoms with Gasteiger partial charge in [0.2, 0.25) is 0 Å². The average molecular weight is 523 g/mol. The number of benzene rings is 1. The molecule has 0 saturated carbocycles. The van der Waals surface area contributed by atoms with Crippen LogP contribution in [0.3, 0.4) is 0 Å². The van der Waals surface area contributed by atoms with Crippen LogP contribution in [0.2, 0.25) is 0 Å². The molecule has 3 fully saturated rings. The number of aromatic nitrogens is 3. The first-order chi connectivity index (χ1) is 18.3. The number of fused-ring (bicyclic) bond motifs is 1. The first-order valence-corrected chi connectivity index (χ1v) is 13.5. The number of rotatable bonds is 7. The van der Waals surface area contributed by atoms with Crippen LogP contribution in [0.5, 0.6) is 0 Å². The summed E-state index contributed by atoms with van der Waals surface area (Å²) in [5.74, 6) is -1.32. The number of ether oxygens (including phenoxy) is 1. The van der Waals surface area contributed by atoms with Crippen molar-refractivity contribution in [3.8, 4) is 5.69 Å². The number of aromatic carboxylic acids is 1. The third kappa shape index (κ3) is 4.44. The second-order valence-electron chi connectivity index (χ2n) is 11.1. The van der Waals surface area contributed by atoms with Gasteiger partial charge in [-0.05, 0) is 56.1 Å². The molecular weight excluding hydrogens is 487 g/mol. The molecule has 202 valence electrons. The Bertz CT molecular complexity index is 1320. The molecule has 3 aliphatic heterocycles. The van der Waals surface area contributed by atoms with E-state index < -0.39 is 5.97 Å². The molecule has 0 aliphatic carbocycles. The summed E-state index contributed by atoms with van der Waals surface area (Å²) in [6.07, 6.45) is 2.32. The second kappa shape index (κ2) is 9.91. The van der Waals surface area contributed by atoms with Gasteiger partial charge in [-0.15, -0.1) is 0 Å². The van der Waals surface area contributed by atoms with Crippen LogP contribution in [0.25, 0.3) is 16.7 Å². The molecule has 3 saturated heterocycles. The van der Waals surface area contributed by atoms with E-state index in [2.05, 4.69) is 40.6 Å². The topological polar surface area (TPSA) is 87.0 Å². The smallest absolute Gasteiger partial charge is 0.354 e. The van der Waals surface area contributed by atoms with E-state index in [1.807, 2.05) is 0 Å². The minimum atomic E-state index is -1.08. The minimum Gasteiger partial charge on any atom is -0.477 e. The lowest BCUT2D eigenvalue weighted by Crippen LogP contribution is -2.62. The van der Waals surface area contributed by atoms with E-state index in [4.69, 9.17) is 9.84 Å². The van der Waals surface area contributed by atoms with Gasteiger partial charge in [-0.3, -0.25) is 9.80 Å². The molecule has 0 unspecified atom stereocenters. The second-order valence-corrected chi connectivity index (χ2v) is 11.1. The molecule has 9 nitrogen and oxygen atoms in total. The fraction of sp³-hybridized carbons (Fsp3) is 0.536. The third-order valence-corrected chi connectivity index (χ3v) is 8.47. The fourth-order valence-electron chi connectivity index (χ4n) is 5.95. The zero-order valence-corrected chi connectivity index (χ0v) is 22.2. The van der Waals surface area contributed by atoms with Crippen molar-refractivity contribution in [2.24, 2.45) is 0 Å². The van der Waals surface area contributed by atoms with E-state index in [0.29, 0.717) is 29.5 Å². The fourth-order valence-corrected chi connectivity index (χ4v) is 5.95. The van der Waals surface area contributed by atoms with Gasteiger partial charge in [0.1, 0.15) is 5.82 Å². The molecule has 1 N–H and O–H groups in total. The molecule has 2 aromatic heterocycles. The highest BCUT2D eigenvalue weighted by Crippen LogP contribution is 2.37. The molecule has 0 spiro atoms. The zero-order valence-electron chi connectivity index (χ0n) is 22.2. The minimum absolute atomic E-state index is 0.0154. The summed E-state index contributed by atoms with van der Waals surface area (Å²) in [6.45, 7) is 9.68. The summed E-state index contributed by atoms with van der Waals surface area (Å²) in [4.78, 5) is 23.9. The van der Waals surface area contributed by atoms with Gasteiger partial charge in [0.15, 0.2) is 11.3 Å². The lowest BCUT2D eigenvalue weighted by atomic mass is 9.96. The predicted octanol–water partition coefficient (Wildman–Crippen LogP) is 3.36. The molecule has 0 atom stereocenters. The number of nitrogens with zero attached hydrogens (tertiary/aromatic N) is 6. The highest BCUT2D eigenvalue weighted by Gasteiger charge is 2.38. The van der Waals surface area contributed by atoms with Crippen LogP contribution >= 0.6 is 0 Å². The number of halogens is 1. The van der Waals surface area contributed by atoms with E-state index in [-0.39, 0.29) is 17.4 Å². The Labute approximate surface area is 221 Å². The van der Waals surface area contributed by atoms with E-state index >= 15 is 0 Å². The number of carboxylic acids is 1. The normalized spacial score (nSPS) is 19.9. The van der Waals surface area contributed by atoms with E-state index in [1.165, 1.54) is 12.1 Å². The lowest BCUT2D eigenvalue weighted by Gasteiger charge is -2.50. The summed E-state index contributed by atoms with van der Waals surface area (Å²) in [7, 11) is 2.23. The maximum Gasteiger partial charge on any atom is 0.354 e. The summed E-state index contributed by atoms with van der Waals surface area (Å²) < 4.78 is 20.6. The van der Waals surface area contributed by atoms with Crippen LogP contribution in [-0.2, 0) is 4.74 Å². The third-order valence-electron chi connectivity index (χ3n) is 8.47. The van der Waals surface area contributed by atoms with Gasteiger partial charge in [-0.25, -0.2) is 18.9 Å². The Hall–Kier alpha value is -3.08. The van der Waals surface area contributed by atoms with E-state index in [1.54, 1.807) is 22.9 Å². The van der Waals surface area contributed by atoms with Crippen LogP contribution in [0.15, 0.2) is 30.3 Å². The van der Waals surface area contributed by atoms with Crippen molar-refractivity contribution in [3.63, 3.8) is 0 Å². The zero-order chi connectivity index (χ0) is 26.6. The predicted molar refractivity (Wildman–Crippen MR) is 143 cm³/mol. The first-order valence-electron chi connectivity index (χ1n) is 13.5. The molecule has 0 amide bonds. The number of pyridine rings is 1. The van der Waals surface area contributed by atoms with E-state index in [0.717, 1.165) is 69.0 Å². The molecule has 3 aromatic rings. The molecule has 38 heavy (non-hydrogen) atoms. The Morgan fingerprint density at radius 3 is 2.39 bits per heavy atom. The van der Waals surface area contributed by atoms with Crippen LogP contribution in [0.4, 0.5) is 10.1 Å². The number of carbonyl (C=O) groups is 1. The van der Waals surface area contributed by atoms with E-state index in [9.17, 15) is 14.3 Å². The summed E-state index contributed by atoms with van der Waals surface area (Å²) in [6, 6.07) is 9.33. The van der Waals surface area contributed by atoms with Gasteiger partial charge in [-0.2, -0.15) is 5.10 Å². The number of anilines is 1. The number of piperidine rings is 1. The Balaban J connectivity index is 1.26. The molecule has 0 bridgehead atoms. The Kier molecular flexibility index (Phi) is 6.57. The van der Waals surface area contributed by atoms with Crippen molar-refractivity contribution in [2.75, 3.05) is 51.3 Å². The van der Waals surface area contributed by atoms with Gasteiger partial charge < -0.3 is 14.7 Å². The first kappa shape index (κ1) is 25.2. The van der Waals surface area contributed by atoms with Gasteiger partial charge in [0.25, 0.3) is 0 Å². The van der Waals surface area contributed by atoms with Crippen molar-refractivity contribution >= 4 is 22.7 Å². The largest absolute Gasteiger partial charge is 0.477 e. The molecule has 3 aliphatic rings. The highest BCUT2D eigenvalue weighted by molar-refractivity contribution is 5.98. The summed E-state index contributed by atoms with van der Waals surface area (Å²) >= 11 is 0. The molecule has 0 radical (unpaired) electrons. The van der Waals surface area contributed by atoms with Crippen LogP contribution in [0.1, 0.15) is 48.8 Å².